The van der Waals surface area contributed by atoms with Crippen LogP contribution in [0.1, 0.15) is 48.8 Å². The number of hydrogen-bond donors (Lipinski definition) is 1. The predicted octanol–water partition coefficient (Wildman–Crippen LogP) is 6.04. The van der Waals surface area contributed by atoms with Crippen molar-refractivity contribution in [3.05, 3.63) is 112 Å². The highest BCUT2D eigenvalue weighted by Crippen LogP contribution is 2.36. The summed E-state index contributed by atoms with van der Waals surface area (Å²) in [7, 11) is 0. The van der Waals surface area contributed by atoms with E-state index in [1.807, 2.05) is 54.6 Å². The average Bonchev–Trinajstić information content (AvgIpc) is 3.21. The van der Waals surface area contributed by atoms with Gasteiger partial charge in [-0.2, -0.15) is 0 Å². The molecule has 34 heavy (non-hydrogen) atoms. The summed E-state index contributed by atoms with van der Waals surface area (Å²) in [4.78, 5) is 24.0. The van der Waals surface area contributed by atoms with Gasteiger partial charge in [-0.05, 0) is 29.2 Å². The van der Waals surface area contributed by atoms with Crippen molar-refractivity contribution < 1.29 is 9.72 Å². The van der Waals surface area contributed by atoms with Crippen molar-refractivity contribution in [2.45, 2.75) is 38.6 Å². The number of nitro groups is 1. The van der Waals surface area contributed by atoms with Gasteiger partial charge in [0.15, 0.2) is 0 Å². The number of carbonyl (C=O) groups excluding carboxylic acids is 1. The number of non-ortho nitro benzene ring substituents is 1. The first-order chi connectivity index (χ1) is 16.6. The fourth-order valence-electron chi connectivity index (χ4n) is 4.37. The molecule has 174 valence electrons. The molecule has 0 aliphatic rings. The second-order valence-electron chi connectivity index (χ2n) is 8.53. The molecule has 0 saturated carbocycles. The maximum Gasteiger partial charge on any atom is 0.270 e. The minimum absolute atomic E-state index is 0.0170. The zero-order valence-corrected chi connectivity index (χ0v) is 19.3. The quantitative estimate of drug-likeness (QED) is 0.180. The van der Waals surface area contributed by atoms with Gasteiger partial charge in [-0.1, -0.05) is 74.0 Å². The minimum Gasteiger partial charge on any atom is -0.356 e. The Bertz CT molecular complexity index is 1270. The molecule has 3 aromatic carbocycles. The van der Waals surface area contributed by atoms with Crippen LogP contribution in [0.4, 0.5) is 5.69 Å². The third-order valence-corrected chi connectivity index (χ3v) is 6.12. The highest BCUT2D eigenvalue weighted by Gasteiger charge is 2.24. The number of amides is 1. The first-order valence-electron chi connectivity index (χ1n) is 11.7. The smallest absolute Gasteiger partial charge is 0.270 e. The van der Waals surface area contributed by atoms with Crippen LogP contribution in [0.3, 0.4) is 0 Å². The number of aromatic nitrogens is 1. The van der Waals surface area contributed by atoms with Crippen molar-refractivity contribution >= 4 is 22.5 Å². The summed E-state index contributed by atoms with van der Waals surface area (Å²) in [5.74, 6) is -0.235. The van der Waals surface area contributed by atoms with Crippen molar-refractivity contribution in [3.63, 3.8) is 0 Å². The van der Waals surface area contributed by atoms with Gasteiger partial charge in [0.25, 0.3) is 5.69 Å². The van der Waals surface area contributed by atoms with Gasteiger partial charge in [0.05, 0.1) is 4.92 Å². The van der Waals surface area contributed by atoms with Gasteiger partial charge < -0.3 is 9.88 Å². The Labute approximate surface area is 199 Å². The zero-order chi connectivity index (χ0) is 23.9. The van der Waals surface area contributed by atoms with Crippen LogP contribution in [0.25, 0.3) is 10.9 Å². The molecule has 0 spiro atoms. The largest absolute Gasteiger partial charge is 0.356 e. The highest BCUT2D eigenvalue weighted by molar-refractivity contribution is 5.88. The first-order valence-corrected chi connectivity index (χ1v) is 11.7. The van der Waals surface area contributed by atoms with Crippen LogP contribution in [0.5, 0.6) is 0 Å². The highest BCUT2D eigenvalue weighted by atomic mass is 16.6. The summed E-state index contributed by atoms with van der Waals surface area (Å²) in [5.41, 5.74) is 4.03. The number of benzene rings is 3. The number of carbonyl (C=O) groups is 1. The van der Waals surface area contributed by atoms with E-state index in [1.54, 1.807) is 12.1 Å². The van der Waals surface area contributed by atoms with Gasteiger partial charge in [0.2, 0.25) is 5.91 Å². The van der Waals surface area contributed by atoms with Gasteiger partial charge in [-0.25, -0.2) is 0 Å². The number of hydrogen-bond acceptors (Lipinski definition) is 3. The molecule has 1 N–H and O–H groups in total. The molecule has 0 aliphatic carbocycles. The van der Waals surface area contributed by atoms with E-state index in [4.69, 9.17) is 0 Å². The number of nitrogens with zero attached hydrogens (tertiary/aromatic N) is 2. The first kappa shape index (κ1) is 23.2. The van der Waals surface area contributed by atoms with E-state index in [0.717, 1.165) is 40.4 Å². The number of rotatable bonds is 10. The predicted molar refractivity (Wildman–Crippen MR) is 135 cm³/mol. The van der Waals surface area contributed by atoms with E-state index in [9.17, 15) is 14.9 Å². The number of unbranched alkanes of at least 4 members (excludes halogenated alkanes) is 1. The van der Waals surface area contributed by atoms with Gasteiger partial charge in [-0.15, -0.1) is 0 Å². The lowest BCUT2D eigenvalue weighted by Gasteiger charge is -2.17. The standard InChI is InChI=1S/C28H29N3O3/c1-2-3-16-29-28(32)18-24(22-12-8-5-9-13-22)26-20-30(19-21-10-6-4-7-11-21)27-15-14-23(31(33)34)17-25(26)27/h4-15,17,20,24H,2-3,16,18-19H2,1H3,(H,29,32)/t24-/m1/s1. The molecule has 0 fully saturated rings. The van der Waals surface area contributed by atoms with Gasteiger partial charge >= 0.3 is 0 Å². The summed E-state index contributed by atoms with van der Waals surface area (Å²) >= 11 is 0. The van der Waals surface area contributed by atoms with Crippen molar-refractivity contribution in [1.82, 2.24) is 9.88 Å². The Kier molecular flexibility index (Phi) is 7.38. The van der Waals surface area contributed by atoms with Crippen LogP contribution in [-0.2, 0) is 11.3 Å². The van der Waals surface area contributed by atoms with Gasteiger partial charge in [0.1, 0.15) is 0 Å². The maximum atomic E-state index is 12.9. The molecule has 1 aromatic heterocycles. The fourth-order valence-corrected chi connectivity index (χ4v) is 4.37. The van der Waals surface area contributed by atoms with E-state index in [0.29, 0.717) is 13.1 Å². The molecule has 6 heteroatoms. The Morgan fingerprint density at radius 2 is 1.74 bits per heavy atom. The van der Waals surface area contributed by atoms with E-state index >= 15 is 0 Å². The Hall–Kier alpha value is -3.93. The number of fused-ring (bicyclic) bond motifs is 1. The summed E-state index contributed by atoms with van der Waals surface area (Å²) in [6.45, 7) is 3.38. The van der Waals surface area contributed by atoms with Crippen LogP contribution in [0.15, 0.2) is 85.1 Å². The van der Waals surface area contributed by atoms with Crippen LogP contribution in [0.2, 0.25) is 0 Å². The molecule has 0 bridgehead atoms. The normalized spacial score (nSPS) is 11.9. The molecule has 1 atom stereocenters. The SMILES string of the molecule is CCCCNC(=O)C[C@H](c1ccccc1)c1cn(Cc2ccccc2)c2ccc([N+](=O)[O-])cc12. The van der Waals surface area contributed by atoms with Crippen molar-refractivity contribution in [1.29, 1.82) is 0 Å². The van der Waals surface area contributed by atoms with Crippen LogP contribution in [-0.4, -0.2) is 21.9 Å². The molecule has 0 saturated heterocycles. The molecule has 0 unspecified atom stereocenters. The molecule has 0 aliphatic heterocycles. The minimum atomic E-state index is -0.368. The molecule has 4 aromatic rings. The average molecular weight is 456 g/mol. The Balaban J connectivity index is 1.80. The van der Waals surface area contributed by atoms with E-state index < -0.39 is 0 Å². The monoisotopic (exact) mass is 455 g/mol. The summed E-state index contributed by atoms with van der Waals surface area (Å²) in [6.07, 6.45) is 4.28. The van der Waals surface area contributed by atoms with Crippen LogP contribution >= 0.6 is 0 Å². The molecule has 1 heterocycles. The topological polar surface area (TPSA) is 77.2 Å². The lowest BCUT2D eigenvalue weighted by atomic mass is 9.88. The molecule has 4 rings (SSSR count). The Morgan fingerprint density at radius 3 is 2.41 bits per heavy atom. The lowest BCUT2D eigenvalue weighted by Crippen LogP contribution is -2.26. The summed E-state index contributed by atoms with van der Waals surface area (Å²) in [5, 5.41) is 15.4. The van der Waals surface area contributed by atoms with Crippen molar-refractivity contribution in [3.8, 4) is 0 Å². The number of nitro benzene ring substituents is 1. The molecular formula is C28H29N3O3. The van der Waals surface area contributed by atoms with Gasteiger partial charge in [-0.3, -0.25) is 14.9 Å². The maximum absolute atomic E-state index is 12.9. The van der Waals surface area contributed by atoms with Crippen molar-refractivity contribution in [2.75, 3.05) is 6.54 Å². The Morgan fingerprint density at radius 1 is 1.03 bits per heavy atom. The number of nitrogens with one attached hydrogen (secondary N) is 1. The van der Waals surface area contributed by atoms with E-state index in [2.05, 4.69) is 35.1 Å². The summed E-state index contributed by atoms with van der Waals surface area (Å²) in [6, 6.07) is 25.0. The molecular weight excluding hydrogens is 426 g/mol. The fraction of sp³-hybridized carbons (Fsp3) is 0.250. The summed E-state index contributed by atoms with van der Waals surface area (Å²) < 4.78 is 2.12. The third kappa shape index (κ3) is 5.34. The second-order valence-corrected chi connectivity index (χ2v) is 8.53. The third-order valence-electron chi connectivity index (χ3n) is 6.12. The van der Waals surface area contributed by atoms with E-state index in [1.165, 1.54) is 0 Å². The van der Waals surface area contributed by atoms with Crippen LogP contribution in [0, 0.1) is 10.1 Å². The van der Waals surface area contributed by atoms with Crippen molar-refractivity contribution in [2.24, 2.45) is 0 Å². The molecule has 0 radical (unpaired) electrons. The molecule has 6 nitrogen and oxygen atoms in total. The second kappa shape index (κ2) is 10.8. The van der Waals surface area contributed by atoms with Gasteiger partial charge in [0, 0.05) is 54.7 Å². The lowest BCUT2D eigenvalue weighted by molar-refractivity contribution is -0.384. The van der Waals surface area contributed by atoms with Crippen LogP contribution < -0.4 is 5.32 Å². The van der Waals surface area contributed by atoms with E-state index in [-0.39, 0.29) is 28.9 Å². The zero-order valence-electron chi connectivity index (χ0n) is 19.3. The molecule has 1 amide bonds.